The number of hydrogen-bond acceptors (Lipinski definition) is 4. The van der Waals surface area contributed by atoms with Crippen LogP contribution in [0.25, 0.3) is 10.9 Å². The van der Waals surface area contributed by atoms with Gasteiger partial charge < -0.3 is 14.4 Å². The first-order valence-corrected chi connectivity index (χ1v) is 8.72. The fraction of sp³-hybridized carbons (Fsp3) is 0.412. The molecule has 2 rings (SSSR count). The van der Waals surface area contributed by atoms with Gasteiger partial charge in [0.2, 0.25) is 11.4 Å². The smallest absolute Gasteiger partial charge is 0.346 e. The standard InChI is InChI=1S/C17H19FINO4/c1-4-24-17(23)14-15(22)11-7-10(19)5-6-12(11)20(16(14)18)13(8-21)9(2)3/h5-7,9,13,21H,4,8H2,1-3H3/t13-/m1/s1. The van der Waals surface area contributed by atoms with Gasteiger partial charge in [-0.05, 0) is 53.6 Å². The summed E-state index contributed by atoms with van der Waals surface area (Å²) in [6, 6.07) is 4.37. The summed E-state index contributed by atoms with van der Waals surface area (Å²) in [5.74, 6) is -2.07. The van der Waals surface area contributed by atoms with E-state index in [1.165, 1.54) is 4.57 Å². The van der Waals surface area contributed by atoms with E-state index in [1.807, 2.05) is 36.4 Å². The molecule has 0 aliphatic carbocycles. The Morgan fingerprint density at radius 2 is 2.08 bits per heavy atom. The van der Waals surface area contributed by atoms with Crippen LogP contribution in [0.4, 0.5) is 4.39 Å². The van der Waals surface area contributed by atoms with Crippen LogP contribution in [0, 0.1) is 15.4 Å². The summed E-state index contributed by atoms with van der Waals surface area (Å²) in [6.07, 6.45) is 0. The average Bonchev–Trinajstić information content (AvgIpc) is 2.51. The van der Waals surface area contributed by atoms with Crippen molar-refractivity contribution >= 4 is 39.5 Å². The van der Waals surface area contributed by atoms with Crippen molar-refractivity contribution in [2.24, 2.45) is 5.92 Å². The van der Waals surface area contributed by atoms with Crippen LogP contribution in [-0.4, -0.2) is 28.9 Å². The van der Waals surface area contributed by atoms with Crippen molar-refractivity contribution in [2.75, 3.05) is 13.2 Å². The molecule has 1 atom stereocenters. The molecule has 0 aliphatic heterocycles. The van der Waals surface area contributed by atoms with Crippen molar-refractivity contribution < 1.29 is 19.0 Å². The van der Waals surface area contributed by atoms with Gasteiger partial charge in [-0.15, -0.1) is 0 Å². The summed E-state index contributed by atoms with van der Waals surface area (Å²) in [7, 11) is 0. The first kappa shape index (κ1) is 18.9. The van der Waals surface area contributed by atoms with E-state index in [4.69, 9.17) is 4.74 Å². The summed E-state index contributed by atoms with van der Waals surface area (Å²) in [4.78, 5) is 24.7. The lowest BCUT2D eigenvalue weighted by Gasteiger charge is -2.25. The lowest BCUT2D eigenvalue weighted by atomic mass is 10.0. The normalized spacial score (nSPS) is 12.6. The monoisotopic (exact) mass is 447 g/mol. The number of halogens is 2. The summed E-state index contributed by atoms with van der Waals surface area (Å²) < 4.78 is 21.9. The van der Waals surface area contributed by atoms with Crippen LogP contribution in [0.1, 0.15) is 37.2 Å². The van der Waals surface area contributed by atoms with Gasteiger partial charge in [0, 0.05) is 8.96 Å². The van der Waals surface area contributed by atoms with E-state index in [0.29, 0.717) is 5.52 Å². The predicted molar refractivity (Wildman–Crippen MR) is 97.8 cm³/mol. The highest BCUT2D eigenvalue weighted by molar-refractivity contribution is 14.1. The van der Waals surface area contributed by atoms with Gasteiger partial charge in [-0.3, -0.25) is 4.79 Å². The van der Waals surface area contributed by atoms with Crippen molar-refractivity contribution in [1.29, 1.82) is 0 Å². The van der Waals surface area contributed by atoms with Gasteiger partial charge in [0.1, 0.15) is 0 Å². The molecule has 1 N–H and O–H groups in total. The minimum Gasteiger partial charge on any atom is -0.462 e. The number of aliphatic hydroxyl groups is 1. The lowest BCUT2D eigenvalue weighted by Crippen LogP contribution is -2.30. The molecule has 0 spiro atoms. The Morgan fingerprint density at radius 1 is 1.42 bits per heavy atom. The molecular formula is C17H19FINO4. The number of esters is 1. The molecular weight excluding hydrogens is 428 g/mol. The Labute approximate surface area is 152 Å². The van der Waals surface area contributed by atoms with Gasteiger partial charge in [0.25, 0.3) is 0 Å². The second kappa shape index (κ2) is 7.60. The van der Waals surface area contributed by atoms with Crippen molar-refractivity contribution in [3.05, 3.63) is 43.5 Å². The molecule has 1 heterocycles. The first-order valence-electron chi connectivity index (χ1n) is 7.64. The maximum atomic E-state index is 15.1. The molecule has 2 aromatic rings. The van der Waals surface area contributed by atoms with E-state index < -0.39 is 29.0 Å². The van der Waals surface area contributed by atoms with Gasteiger partial charge >= 0.3 is 5.97 Å². The summed E-state index contributed by atoms with van der Waals surface area (Å²) >= 11 is 2.04. The number of nitrogens with zero attached hydrogens (tertiary/aromatic N) is 1. The molecule has 0 amide bonds. The third-order valence-electron chi connectivity index (χ3n) is 3.88. The highest BCUT2D eigenvalue weighted by Gasteiger charge is 2.28. The Balaban J connectivity index is 2.94. The van der Waals surface area contributed by atoms with Crippen LogP contribution < -0.4 is 5.43 Å². The topological polar surface area (TPSA) is 68.5 Å². The molecule has 0 saturated carbocycles. The van der Waals surface area contributed by atoms with E-state index >= 15 is 4.39 Å². The van der Waals surface area contributed by atoms with Crippen molar-refractivity contribution in [3.63, 3.8) is 0 Å². The second-order valence-corrected chi connectivity index (χ2v) is 6.99. The first-order chi connectivity index (χ1) is 11.3. The lowest BCUT2D eigenvalue weighted by molar-refractivity contribution is 0.0515. The van der Waals surface area contributed by atoms with Crippen molar-refractivity contribution in [2.45, 2.75) is 26.8 Å². The molecule has 7 heteroatoms. The molecule has 24 heavy (non-hydrogen) atoms. The zero-order chi connectivity index (χ0) is 18.0. The number of aliphatic hydroxyl groups excluding tert-OH is 1. The zero-order valence-corrected chi connectivity index (χ0v) is 15.8. The van der Waals surface area contributed by atoms with E-state index in [9.17, 15) is 14.7 Å². The number of rotatable bonds is 5. The maximum absolute atomic E-state index is 15.1. The third-order valence-corrected chi connectivity index (χ3v) is 4.55. The SMILES string of the molecule is CCOC(=O)c1c(F)n([C@H](CO)C(C)C)c2ccc(I)cc2c1=O. The molecule has 0 unspecified atom stereocenters. The van der Waals surface area contributed by atoms with E-state index in [1.54, 1.807) is 25.1 Å². The van der Waals surface area contributed by atoms with Gasteiger partial charge in [-0.25, -0.2) is 4.79 Å². The molecule has 0 fully saturated rings. The highest BCUT2D eigenvalue weighted by atomic mass is 127. The second-order valence-electron chi connectivity index (χ2n) is 5.74. The molecule has 0 bridgehead atoms. The van der Waals surface area contributed by atoms with Gasteiger partial charge in [0.05, 0.1) is 24.8 Å². The highest BCUT2D eigenvalue weighted by Crippen LogP contribution is 2.26. The van der Waals surface area contributed by atoms with Crippen molar-refractivity contribution in [1.82, 2.24) is 4.57 Å². The third kappa shape index (κ3) is 3.32. The molecule has 0 radical (unpaired) electrons. The summed E-state index contributed by atoms with van der Waals surface area (Å²) in [5, 5.41) is 9.93. The number of pyridine rings is 1. The van der Waals surface area contributed by atoms with Crippen LogP contribution in [0.2, 0.25) is 0 Å². The molecule has 1 aromatic heterocycles. The molecule has 0 aliphatic rings. The molecule has 5 nitrogen and oxygen atoms in total. The summed E-state index contributed by atoms with van der Waals surface area (Å²) in [6.45, 7) is 4.97. The number of aromatic nitrogens is 1. The van der Waals surface area contributed by atoms with Gasteiger partial charge in [-0.2, -0.15) is 4.39 Å². The minimum atomic E-state index is -0.991. The Kier molecular flexibility index (Phi) is 5.97. The fourth-order valence-corrected chi connectivity index (χ4v) is 3.14. The van der Waals surface area contributed by atoms with Crippen LogP contribution >= 0.6 is 22.6 Å². The van der Waals surface area contributed by atoms with Crippen molar-refractivity contribution in [3.8, 4) is 0 Å². The number of carbonyl (C=O) groups is 1. The largest absolute Gasteiger partial charge is 0.462 e. The average molecular weight is 447 g/mol. The Hall–Kier alpha value is -1.48. The number of fused-ring (bicyclic) bond motifs is 1. The number of carbonyl (C=O) groups excluding carboxylic acids is 1. The van der Waals surface area contributed by atoms with E-state index in [2.05, 4.69) is 0 Å². The van der Waals surface area contributed by atoms with E-state index in [0.717, 1.165) is 3.57 Å². The quantitative estimate of drug-likeness (QED) is 0.435. The number of benzene rings is 1. The van der Waals surface area contributed by atoms with Crippen LogP contribution in [0.5, 0.6) is 0 Å². The van der Waals surface area contributed by atoms with E-state index in [-0.39, 0.29) is 24.5 Å². The Bertz CT molecular complexity index is 831. The zero-order valence-electron chi connectivity index (χ0n) is 13.7. The molecule has 1 aromatic carbocycles. The van der Waals surface area contributed by atoms with Crippen LogP contribution in [0.3, 0.4) is 0 Å². The van der Waals surface area contributed by atoms with Gasteiger partial charge in [-0.1, -0.05) is 13.8 Å². The number of ether oxygens (including phenoxy) is 1. The molecule has 130 valence electrons. The fourth-order valence-electron chi connectivity index (χ4n) is 2.65. The Morgan fingerprint density at radius 3 is 2.62 bits per heavy atom. The molecule has 0 saturated heterocycles. The maximum Gasteiger partial charge on any atom is 0.346 e. The minimum absolute atomic E-state index is 0.0374. The van der Waals surface area contributed by atoms with Crippen LogP contribution in [-0.2, 0) is 4.74 Å². The summed E-state index contributed by atoms with van der Waals surface area (Å²) in [5.41, 5.74) is -0.972. The number of hydrogen-bond donors (Lipinski definition) is 1. The van der Waals surface area contributed by atoms with Gasteiger partial charge in [0.15, 0.2) is 5.56 Å². The predicted octanol–water partition coefficient (Wildman–Crippen LogP) is 3.11. The van der Waals surface area contributed by atoms with Crippen LogP contribution in [0.15, 0.2) is 23.0 Å².